The van der Waals surface area contributed by atoms with E-state index in [1.165, 1.54) is 0 Å². The van der Waals surface area contributed by atoms with Gasteiger partial charge in [0.05, 0.1) is 11.8 Å². The van der Waals surface area contributed by atoms with Gasteiger partial charge in [-0.1, -0.05) is 34.1 Å². The van der Waals surface area contributed by atoms with E-state index in [9.17, 15) is 9.90 Å². The van der Waals surface area contributed by atoms with E-state index in [4.69, 9.17) is 0 Å². The molecule has 0 bridgehead atoms. The van der Waals surface area contributed by atoms with E-state index < -0.39 is 0 Å². The van der Waals surface area contributed by atoms with Crippen LogP contribution in [0.4, 0.5) is 16.2 Å². The van der Waals surface area contributed by atoms with E-state index >= 15 is 0 Å². The molecule has 0 atom stereocenters. The molecule has 1 aliphatic carbocycles. The first-order valence-electron chi connectivity index (χ1n) is 9.87. The second kappa shape index (κ2) is 10.1. The molecular weight excluding hydrogens is 498 g/mol. The number of aliphatic hydroxyl groups excluding tert-OH is 1. The van der Waals surface area contributed by atoms with Gasteiger partial charge in [-0.2, -0.15) is 0 Å². The molecule has 3 rings (SSSR count). The molecular formula is C22H27Br2N3O2. The highest BCUT2D eigenvalue weighted by Crippen LogP contribution is 2.32. The fraction of sp³-hybridized carbons (Fsp3) is 0.409. The van der Waals surface area contributed by atoms with Crippen molar-refractivity contribution in [3.05, 3.63) is 56.0 Å². The van der Waals surface area contributed by atoms with Gasteiger partial charge in [-0.25, -0.2) is 4.79 Å². The van der Waals surface area contributed by atoms with Crippen LogP contribution in [0.3, 0.4) is 0 Å². The van der Waals surface area contributed by atoms with E-state index in [1.807, 2.05) is 44.2 Å². The van der Waals surface area contributed by atoms with Crippen LogP contribution in [0.5, 0.6) is 0 Å². The Morgan fingerprint density at radius 3 is 2.31 bits per heavy atom. The summed E-state index contributed by atoms with van der Waals surface area (Å²) < 4.78 is 1.76. The molecule has 0 heterocycles. The quantitative estimate of drug-likeness (QED) is 0.395. The van der Waals surface area contributed by atoms with E-state index in [2.05, 4.69) is 47.8 Å². The summed E-state index contributed by atoms with van der Waals surface area (Å²) in [4.78, 5) is 12.7. The lowest BCUT2D eigenvalue weighted by Gasteiger charge is -2.27. The summed E-state index contributed by atoms with van der Waals surface area (Å²) in [5, 5.41) is 19.2. The lowest BCUT2D eigenvalue weighted by molar-refractivity contribution is 0.116. The lowest BCUT2D eigenvalue weighted by Crippen LogP contribution is -2.34. The molecule has 0 aliphatic heterocycles. The first-order valence-corrected chi connectivity index (χ1v) is 11.5. The minimum Gasteiger partial charge on any atom is -0.393 e. The second-order valence-corrected chi connectivity index (χ2v) is 9.42. The highest BCUT2D eigenvalue weighted by atomic mass is 79.9. The Balaban J connectivity index is 1.72. The summed E-state index contributed by atoms with van der Waals surface area (Å²) in [6.07, 6.45) is 3.43. The summed E-state index contributed by atoms with van der Waals surface area (Å²) in [6, 6.07) is 10.00. The number of hydrogen-bond donors (Lipinski definition) is 4. The van der Waals surface area contributed by atoms with Crippen LogP contribution in [0, 0.1) is 13.8 Å². The third kappa shape index (κ3) is 6.04. The minimum atomic E-state index is -0.271. The molecule has 156 valence electrons. The summed E-state index contributed by atoms with van der Waals surface area (Å²) in [7, 11) is 0. The number of carbonyl (C=O) groups excluding carboxylic acids is 1. The normalized spacial score (nSPS) is 19.1. The molecule has 1 aliphatic rings. The monoisotopic (exact) mass is 523 g/mol. The van der Waals surface area contributed by atoms with Gasteiger partial charge in [-0.3, -0.25) is 0 Å². The van der Waals surface area contributed by atoms with Crippen LogP contribution >= 0.6 is 31.9 Å². The Hall–Kier alpha value is -1.41. The van der Waals surface area contributed by atoms with Crippen LogP contribution in [0.1, 0.15) is 42.4 Å². The third-order valence-corrected chi connectivity index (χ3v) is 6.46. The van der Waals surface area contributed by atoms with E-state index in [-0.39, 0.29) is 12.1 Å². The van der Waals surface area contributed by atoms with Gasteiger partial charge in [0.2, 0.25) is 0 Å². The van der Waals surface area contributed by atoms with Crippen LogP contribution in [0.15, 0.2) is 39.3 Å². The first kappa shape index (κ1) is 22.3. The molecule has 5 nitrogen and oxygen atoms in total. The number of anilines is 2. The van der Waals surface area contributed by atoms with Gasteiger partial charge >= 0.3 is 6.03 Å². The number of benzene rings is 2. The van der Waals surface area contributed by atoms with Gasteiger partial charge in [0.15, 0.2) is 0 Å². The fourth-order valence-corrected chi connectivity index (χ4v) is 5.12. The van der Waals surface area contributed by atoms with E-state index in [1.54, 1.807) is 0 Å². The van der Waals surface area contributed by atoms with Crippen molar-refractivity contribution in [3.8, 4) is 0 Å². The predicted octanol–water partition coefficient (Wildman–Crippen LogP) is 5.87. The molecule has 0 spiro atoms. The van der Waals surface area contributed by atoms with Gasteiger partial charge in [0.25, 0.3) is 0 Å². The SMILES string of the molecule is Cc1cccc(C)c1NC(=O)Nc1c(Br)cc(Br)cc1CNC1CCC(O)CC1. The largest absolute Gasteiger partial charge is 0.393 e. The topological polar surface area (TPSA) is 73.4 Å². The summed E-state index contributed by atoms with van der Waals surface area (Å²) in [6.45, 7) is 4.60. The Labute approximate surface area is 188 Å². The molecule has 0 aromatic heterocycles. The number of hydrogen-bond acceptors (Lipinski definition) is 3. The van der Waals surface area contributed by atoms with Crippen LogP contribution in [-0.2, 0) is 6.54 Å². The van der Waals surface area contributed by atoms with Gasteiger partial charge in [0.1, 0.15) is 0 Å². The number of aryl methyl sites for hydroxylation is 2. The molecule has 4 N–H and O–H groups in total. The zero-order valence-corrected chi connectivity index (χ0v) is 19.9. The molecule has 2 aromatic carbocycles. The Morgan fingerprint density at radius 2 is 1.66 bits per heavy atom. The number of para-hydroxylation sites is 1. The van der Waals surface area contributed by atoms with Crippen LogP contribution in [0.25, 0.3) is 0 Å². The maximum absolute atomic E-state index is 12.7. The van der Waals surface area contributed by atoms with Crippen molar-refractivity contribution >= 4 is 49.3 Å². The number of amides is 2. The highest BCUT2D eigenvalue weighted by Gasteiger charge is 2.20. The van der Waals surface area contributed by atoms with Crippen molar-refractivity contribution in [2.75, 3.05) is 10.6 Å². The standard InChI is InChI=1S/C22H27Br2N3O2/c1-13-4-3-5-14(2)20(13)26-22(29)27-21-15(10-16(23)11-19(21)24)12-25-17-6-8-18(28)9-7-17/h3-5,10-11,17-18,25,28H,6-9,12H2,1-2H3,(H2,26,27,29). The van der Waals surface area contributed by atoms with E-state index in [0.29, 0.717) is 12.6 Å². The van der Waals surface area contributed by atoms with Crippen molar-refractivity contribution in [2.45, 2.75) is 58.2 Å². The average Bonchev–Trinajstić information content (AvgIpc) is 2.67. The van der Waals surface area contributed by atoms with Crippen molar-refractivity contribution in [1.82, 2.24) is 5.32 Å². The highest BCUT2D eigenvalue weighted by molar-refractivity contribution is 9.11. The molecule has 2 aromatic rings. The number of urea groups is 1. The molecule has 1 fully saturated rings. The lowest BCUT2D eigenvalue weighted by atomic mass is 9.93. The molecule has 1 saturated carbocycles. The smallest absolute Gasteiger partial charge is 0.323 e. The molecule has 0 radical (unpaired) electrons. The number of halogens is 2. The van der Waals surface area contributed by atoms with Crippen molar-refractivity contribution < 1.29 is 9.90 Å². The molecule has 0 unspecified atom stereocenters. The Morgan fingerprint density at radius 1 is 1.03 bits per heavy atom. The van der Waals surface area contributed by atoms with Gasteiger partial charge in [-0.15, -0.1) is 0 Å². The maximum atomic E-state index is 12.7. The zero-order valence-electron chi connectivity index (χ0n) is 16.7. The Kier molecular flexibility index (Phi) is 7.73. The average molecular weight is 525 g/mol. The van der Waals surface area contributed by atoms with Crippen LogP contribution < -0.4 is 16.0 Å². The summed E-state index contributed by atoms with van der Waals surface area (Å²) in [5.41, 5.74) is 4.63. The van der Waals surface area contributed by atoms with Crippen LogP contribution in [-0.4, -0.2) is 23.3 Å². The van der Waals surface area contributed by atoms with Gasteiger partial charge in [0, 0.05) is 27.2 Å². The molecule has 0 saturated heterocycles. The van der Waals surface area contributed by atoms with Crippen molar-refractivity contribution in [3.63, 3.8) is 0 Å². The van der Waals surface area contributed by atoms with E-state index in [0.717, 1.165) is 62.7 Å². The molecule has 2 amide bonds. The summed E-state index contributed by atoms with van der Waals surface area (Å²) in [5.74, 6) is 0. The second-order valence-electron chi connectivity index (χ2n) is 7.65. The van der Waals surface area contributed by atoms with Crippen molar-refractivity contribution in [1.29, 1.82) is 0 Å². The third-order valence-electron chi connectivity index (χ3n) is 5.37. The number of nitrogens with one attached hydrogen (secondary N) is 3. The minimum absolute atomic E-state index is 0.168. The van der Waals surface area contributed by atoms with Crippen LogP contribution in [0.2, 0.25) is 0 Å². The van der Waals surface area contributed by atoms with Gasteiger partial charge < -0.3 is 21.1 Å². The fourth-order valence-electron chi connectivity index (χ4n) is 3.71. The Bertz CT molecular complexity index is 860. The number of carbonyl (C=O) groups is 1. The predicted molar refractivity (Wildman–Crippen MR) is 126 cm³/mol. The number of aliphatic hydroxyl groups is 1. The number of rotatable bonds is 5. The van der Waals surface area contributed by atoms with Gasteiger partial charge in [-0.05, 0) is 84.3 Å². The molecule has 29 heavy (non-hydrogen) atoms. The molecule has 7 heteroatoms. The maximum Gasteiger partial charge on any atom is 0.323 e. The zero-order chi connectivity index (χ0) is 21.0. The first-order chi connectivity index (χ1) is 13.8. The van der Waals surface area contributed by atoms with Crippen molar-refractivity contribution in [2.24, 2.45) is 0 Å². The summed E-state index contributed by atoms with van der Waals surface area (Å²) >= 11 is 7.12.